The minimum atomic E-state index is 0.610. The Hall–Kier alpha value is -0.830. The number of hydrogen-bond acceptors (Lipinski definition) is 2. The van der Waals surface area contributed by atoms with Gasteiger partial charge in [0.25, 0.3) is 0 Å². The first kappa shape index (κ1) is 11.2. The van der Waals surface area contributed by atoms with Crippen molar-refractivity contribution in [2.75, 3.05) is 6.54 Å². The van der Waals surface area contributed by atoms with Gasteiger partial charge in [-0.3, -0.25) is 4.90 Å². The van der Waals surface area contributed by atoms with Crippen molar-refractivity contribution in [1.29, 1.82) is 0 Å². The lowest BCUT2D eigenvalue weighted by molar-refractivity contribution is 0.168. The van der Waals surface area contributed by atoms with Crippen molar-refractivity contribution >= 4 is 0 Å². The molecule has 0 amide bonds. The molecule has 0 saturated carbocycles. The van der Waals surface area contributed by atoms with E-state index in [1.54, 1.807) is 0 Å². The molecule has 1 rings (SSSR count). The highest BCUT2D eigenvalue weighted by atomic mass is 15.2. The van der Waals surface area contributed by atoms with Crippen LogP contribution in [-0.4, -0.2) is 33.1 Å². The summed E-state index contributed by atoms with van der Waals surface area (Å²) >= 11 is 0. The van der Waals surface area contributed by atoms with Crippen molar-refractivity contribution in [1.82, 2.24) is 14.5 Å². The van der Waals surface area contributed by atoms with Gasteiger partial charge in [0.05, 0.1) is 6.33 Å². The Morgan fingerprint density at radius 1 is 1.21 bits per heavy atom. The zero-order valence-corrected chi connectivity index (χ0v) is 9.64. The van der Waals surface area contributed by atoms with Gasteiger partial charge in [-0.1, -0.05) is 0 Å². The molecular formula is C11H21N3. The van der Waals surface area contributed by atoms with E-state index < -0.39 is 0 Å². The summed E-state index contributed by atoms with van der Waals surface area (Å²) in [4.78, 5) is 6.52. The second-order valence-corrected chi connectivity index (χ2v) is 4.23. The molecule has 0 saturated heterocycles. The predicted molar refractivity (Wildman–Crippen MR) is 59.2 cm³/mol. The van der Waals surface area contributed by atoms with Crippen LogP contribution in [0, 0.1) is 0 Å². The van der Waals surface area contributed by atoms with E-state index in [4.69, 9.17) is 0 Å². The van der Waals surface area contributed by atoms with E-state index in [0.717, 1.165) is 13.1 Å². The van der Waals surface area contributed by atoms with Gasteiger partial charge in [0, 0.05) is 37.6 Å². The van der Waals surface area contributed by atoms with Crippen molar-refractivity contribution < 1.29 is 0 Å². The van der Waals surface area contributed by atoms with Crippen molar-refractivity contribution in [3.63, 3.8) is 0 Å². The molecule has 3 nitrogen and oxygen atoms in total. The fourth-order valence-corrected chi connectivity index (χ4v) is 1.76. The van der Waals surface area contributed by atoms with Crippen molar-refractivity contribution in [3.05, 3.63) is 18.7 Å². The smallest absolute Gasteiger partial charge is 0.0946 e. The summed E-state index contributed by atoms with van der Waals surface area (Å²) in [5.41, 5.74) is 0. The molecule has 14 heavy (non-hydrogen) atoms. The number of hydrogen-bond donors (Lipinski definition) is 0. The second kappa shape index (κ2) is 5.15. The molecule has 0 bridgehead atoms. The van der Waals surface area contributed by atoms with Crippen LogP contribution >= 0.6 is 0 Å². The molecule has 1 aromatic rings. The maximum Gasteiger partial charge on any atom is 0.0946 e. The molecule has 0 aromatic carbocycles. The molecule has 0 spiro atoms. The minimum Gasteiger partial charge on any atom is -0.336 e. The second-order valence-electron chi connectivity index (χ2n) is 4.23. The van der Waals surface area contributed by atoms with E-state index in [-0.39, 0.29) is 0 Å². The van der Waals surface area contributed by atoms with Gasteiger partial charge in [0.15, 0.2) is 0 Å². The van der Waals surface area contributed by atoms with Crippen LogP contribution in [0.1, 0.15) is 27.7 Å². The summed E-state index contributed by atoms with van der Waals surface area (Å²) in [5, 5.41) is 0. The van der Waals surface area contributed by atoms with Crippen LogP contribution in [0.5, 0.6) is 0 Å². The Morgan fingerprint density at radius 2 is 1.86 bits per heavy atom. The van der Waals surface area contributed by atoms with Gasteiger partial charge in [0.1, 0.15) is 0 Å². The summed E-state index contributed by atoms with van der Waals surface area (Å²) in [6, 6.07) is 1.22. The standard InChI is InChI=1S/C11H21N3/c1-10(2)14(11(3)4)8-7-13-6-5-12-9-13/h5-6,9-11H,7-8H2,1-4H3. The quantitative estimate of drug-likeness (QED) is 0.716. The van der Waals surface area contributed by atoms with Crippen LogP contribution in [0.2, 0.25) is 0 Å². The molecule has 0 aliphatic carbocycles. The zero-order chi connectivity index (χ0) is 10.6. The molecule has 0 unspecified atom stereocenters. The minimum absolute atomic E-state index is 0.610. The maximum absolute atomic E-state index is 4.03. The average molecular weight is 195 g/mol. The molecule has 0 aliphatic rings. The topological polar surface area (TPSA) is 21.1 Å². The Bertz CT molecular complexity index is 231. The highest BCUT2D eigenvalue weighted by Gasteiger charge is 2.12. The van der Waals surface area contributed by atoms with Gasteiger partial charge in [0.2, 0.25) is 0 Å². The number of imidazole rings is 1. The fourth-order valence-electron chi connectivity index (χ4n) is 1.76. The monoisotopic (exact) mass is 195 g/mol. The van der Waals surface area contributed by atoms with Crippen LogP contribution in [0.3, 0.4) is 0 Å². The Balaban J connectivity index is 2.41. The summed E-state index contributed by atoms with van der Waals surface area (Å²) in [6.07, 6.45) is 5.72. The third-order valence-corrected chi connectivity index (χ3v) is 2.50. The van der Waals surface area contributed by atoms with Crippen LogP contribution in [0.25, 0.3) is 0 Å². The van der Waals surface area contributed by atoms with E-state index in [1.807, 2.05) is 18.7 Å². The van der Waals surface area contributed by atoms with Crippen molar-refractivity contribution in [2.24, 2.45) is 0 Å². The van der Waals surface area contributed by atoms with Gasteiger partial charge in [-0.2, -0.15) is 0 Å². The van der Waals surface area contributed by atoms with Crippen LogP contribution in [-0.2, 0) is 6.54 Å². The third kappa shape index (κ3) is 3.14. The maximum atomic E-state index is 4.03. The first-order chi connectivity index (χ1) is 6.61. The van der Waals surface area contributed by atoms with E-state index in [9.17, 15) is 0 Å². The normalized spacial score (nSPS) is 11.9. The first-order valence-corrected chi connectivity index (χ1v) is 5.32. The summed E-state index contributed by atoms with van der Waals surface area (Å²) in [5.74, 6) is 0. The van der Waals surface area contributed by atoms with Crippen LogP contribution < -0.4 is 0 Å². The van der Waals surface area contributed by atoms with E-state index in [0.29, 0.717) is 12.1 Å². The predicted octanol–water partition coefficient (Wildman–Crippen LogP) is 2.00. The van der Waals surface area contributed by atoms with Crippen LogP contribution in [0.15, 0.2) is 18.7 Å². The molecule has 1 aromatic heterocycles. The van der Waals surface area contributed by atoms with Crippen molar-refractivity contribution in [3.8, 4) is 0 Å². The molecule has 80 valence electrons. The summed E-state index contributed by atoms with van der Waals surface area (Å²) in [6.45, 7) is 11.1. The average Bonchev–Trinajstić information content (AvgIpc) is 2.55. The van der Waals surface area contributed by atoms with Gasteiger partial charge in [-0.25, -0.2) is 4.98 Å². The van der Waals surface area contributed by atoms with E-state index in [1.165, 1.54) is 0 Å². The summed E-state index contributed by atoms with van der Waals surface area (Å²) in [7, 11) is 0. The Morgan fingerprint density at radius 3 is 2.29 bits per heavy atom. The number of nitrogens with zero attached hydrogens (tertiary/aromatic N) is 3. The zero-order valence-electron chi connectivity index (χ0n) is 9.64. The van der Waals surface area contributed by atoms with Gasteiger partial charge in [-0.15, -0.1) is 0 Å². The highest BCUT2D eigenvalue weighted by Crippen LogP contribution is 2.04. The molecule has 0 atom stereocenters. The Labute approximate surface area is 86.7 Å². The third-order valence-electron chi connectivity index (χ3n) is 2.50. The lowest BCUT2D eigenvalue weighted by Gasteiger charge is -2.30. The first-order valence-electron chi connectivity index (χ1n) is 5.32. The van der Waals surface area contributed by atoms with Gasteiger partial charge >= 0.3 is 0 Å². The Kier molecular flexibility index (Phi) is 4.14. The molecule has 0 radical (unpaired) electrons. The van der Waals surface area contributed by atoms with Gasteiger partial charge < -0.3 is 4.57 Å². The van der Waals surface area contributed by atoms with E-state index in [2.05, 4.69) is 42.1 Å². The fraction of sp³-hybridized carbons (Fsp3) is 0.727. The van der Waals surface area contributed by atoms with Gasteiger partial charge in [-0.05, 0) is 27.7 Å². The van der Waals surface area contributed by atoms with E-state index >= 15 is 0 Å². The lowest BCUT2D eigenvalue weighted by atomic mass is 10.2. The molecule has 0 N–H and O–H groups in total. The molecule has 0 aliphatic heterocycles. The molecule has 3 heteroatoms. The number of aromatic nitrogens is 2. The lowest BCUT2D eigenvalue weighted by Crippen LogP contribution is -2.39. The molecular weight excluding hydrogens is 174 g/mol. The molecule has 1 heterocycles. The SMILES string of the molecule is CC(C)N(CCn1ccnc1)C(C)C. The highest BCUT2D eigenvalue weighted by molar-refractivity contribution is 4.75. The largest absolute Gasteiger partial charge is 0.336 e. The molecule has 0 fully saturated rings. The summed E-state index contributed by atoms with van der Waals surface area (Å²) < 4.78 is 2.12. The van der Waals surface area contributed by atoms with Crippen molar-refractivity contribution in [2.45, 2.75) is 46.3 Å². The van der Waals surface area contributed by atoms with Crippen LogP contribution in [0.4, 0.5) is 0 Å². The number of rotatable bonds is 5.